The van der Waals surface area contributed by atoms with Crippen molar-refractivity contribution in [3.63, 3.8) is 0 Å². The molecule has 1 heterocycles. The van der Waals surface area contributed by atoms with Crippen LogP contribution in [0.3, 0.4) is 0 Å². The fourth-order valence-electron chi connectivity index (χ4n) is 2.51. The average Bonchev–Trinajstić information content (AvgIpc) is 2.47. The highest BCUT2D eigenvalue weighted by atomic mass is 16.5. The lowest BCUT2D eigenvalue weighted by atomic mass is 9.96. The molecule has 0 amide bonds. The molecule has 3 heteroatoms. The van der Waals surface area contributed by atoms with Gasteiger partial charge in [0.15, 0.2) is 0 Å². The van der Waals surface area contributed by atoms with Gasteiger partial charge in [-0.2, -0.15) is 0 Å². The van der Waals surface area contributed by atoms with Crippen LogP contribution in [0.5, 0.6) is 0 Å². The van der Waals surface area contributed by atoms with E-state index in [9.17, 15) is 4.79 Å². The van der Waals surface area contributed by atoms with Crippen molar-refractivity contribution in [2.45, 2.75) is 38.3 Å². The molecule has 2 rings (SSSR count). The number of rotatable bonds is 2. The topological polar surface area (TPSA) is 29.5 Å². The molecule has 0 N–H and O–H groups in total. The maximum absolute atomic E-state index is 11.9. The van der Waals surface area contributed by atoms with Crippen LogP contribution in [0.15, 0.2) is 30.3 Å². The van der Waals surface area contributed by atoms with Gasteiger partial charge in [-0.25, -0.2) is 0 Å². The number of hydrogen-bond donors (Lipinski definition) is 0. The van der Waals surface area contributed by atoms with Crippen molar-refractivity contribution in [1.82, 2.24) is 4.90 Å². The second-order valence-corrected chi connectivity index (χ2v) is 5.02. The molecule has 0 spiro atoms. The van der Waals surface area contributed by atoms with Crippen LogP contribution in [0.2, 0.25) is 0 Å². The number of carbonyl (C=O) groups excluding carboxylic acids is 1. The predicted octanol–water partition coefficient (Wildman–Crippen LogP) is 2.45. The molecule has 1 aromatic carbocycles. The average molecular weight is 271 g/mol. The summed E-state index contributed by atoms with van der Waals surface area (Å²) in [4.78, 5) is 14.0. The number of ether oxygens (including phenoxy) is 1. The normalized spacial score (nSPS) is 22.7. The number of nitrogens with zero attached hydrogens (tertiary/aromatic N) is 1. The Bertz CT molecular complexity index is 501. The lowest BCUT2D eigenvalue weighted by molar-refractivity contribution is -0.150. The van der Waals surface area contributed by atoms with E-state index < -0.39 is 0 Å². The van der Waals surface area contributed by atoms with E-state index in [0.717, 1.165) is 24.8 Å². The molecule has 1 saturated heterocycles. The molecule has 0 aromatic heterocycles. The van der Waals surface area contributed by atoms with Crippen LogP contribution in [-0.4, -0.2) is 36.6 Å². The van der Waals surface area contributed by atoms with Crippen LogP contribution >= 0.6 is 0 Å². The maximum Gasteiger partial charge on any atom is 0.323 e. The minimum absolute atomic E-state index is 0.123. The first-order valence-corrected chi connectivity index (χ1v) is 7.17. The largest absolute Gasteiger partial charge is 0.465 e. The van der Waals surface area contributed by atoms with Crippen molar-refractivity contribution in [2.75, 3.05) is 13.7 Å². The maximum atomic E-state index is 11.9. The van der Waals surface area contributed by atoms with Crippen molar-refractivity contribution in [3.8, 4) is 11.8 Å². The van der Waals surface area contributed by atoms with Crippen molar-refractivity contribution in [3.05, 3.63) is 35.9 Å². The fourth-order valence-corrected chi connectivity index (χ4v) is 2.51. The third-order valence-electron chi connectivity index (χ3n) is 3.65. The van der Waals surface area contributed by atoms with E-state index in [1.54, 1.807) is 0 Å². The van der Waals surface area contributed by atoms with Gasteiger partial charge in [0.05, 0.1) is 12.6 Å². The van der Waals surface area contributed by atoms with Gasteiger partial charge < -0.3 is 4.74 Å². The minimum Gasteiger partial charge on any atom is -0.465 e. The molecule has 1 aliphatic heterocycles. The van der Waals surface area contributed by atoms with Gasteiger partial charge in [0, 0.05) is 5.56 Å². The van der Waals surface area contributed by atoms with E-state index in [1.165, 1.54) is 0 Å². The van der Waals surface area contributed by atoms with Crippen LogP contribution in [0.4, 0.5) is 0 Å². The molecular formula is C17H21NO2. The zero-order chi connectivity index (χ0) is 14.4. The summed E-state index contributed by atoms with van der Waals surface area (Å²) in [6, 6.07) is 9.91. The Morgan fingerprint density at radius 3 is 2.80 bits per heavy atom. The summed E-state index contributed by atoms with van der Waals surface area (Å²) < 4.78 is 5.13. The molecule has 1 aliphatic rings. The third-order valence-corrected chi connectivity index (χ3v) is 3.65. The van der Waals surface area contributed by atoms with Crippen LogP contribution in [-0.2, 0) is 9.53 Å². The van der Waals surface area contributed by atoms with Crippen LogP contribution in [0, 0.1) is 11.8 Å². The summed E-state index contributed by atoms with van der Waals surface area (Å²) in [6.07, 6.45) is 2.88. The second-order valence-electron chi connectivity index (χ2n) is 5.02. The zero-order valence-corrected chi connectivity index (χ0v) is 12.1. The van der Waals surface area contributed by atoms with E-state index in [2.05, 4.69) is 16.7 Å². The predicted molar refractivity (Wildman–Crippen MR) is 79.1 cm³/mol. The monoisotopic (exact) mass is 271 g/mol. The number of piperidine rings is 1. The highest BCUT2D eigenvalue weighted by Crippen LogP contribution is 2.22. The number of benzene rings is 1. The highest BCUT2D eigenvalue weighted by Gasteiger charge is 2.32. The Kier molecular flexibility index (Phi) is 5.20. The number of hydrogen-bond acceptors (Lipinski definition) is 3. The first kappa shape index (κ1) is 14.6. The van der Waals surface area contributed by atoms with Gasteiger partial charge in [-0.3, -0.25) is 9.69 Å². The molecule has 0 saturated carbocycles. The highest BCUT2D eigenvalue weighted by molar-refractivity contribution is 5.76. The first-order valence-electron chi connectivity index (χ1n) is 7.17. The summed E-state index contributed by atoms with van der Waals surface area (Å²) in [5, 5.41) is 0. The molecule has 1 aromatic rings. The van der Waals surface area contributed by atoms with Crippen molar-refractivity contribution in [2.24, 2.45) is 0 Å². The first-order chi connectivity index (χ1) is 9.72. The summed E-state index contributed by atoms with van der Waals surface area (Å²) in [7, 11) is 1.96. The quantitative estimate of drug-likeness (QED) is 0.611. The van der Waals surface area contributed by atoms with Gasteiger partial charge in [0.1, 0.15) is 6.04 Å². The Balaban J connectivity index is 2.05. The van der Waals surface area contributed by atoms with Crippen molar-refractivity contribution >= 4 is 5.97 Å². The number of likely N-dealkylation sites (N-methyl/N-ethyl adjacent to an activating group) is 1. The van der Waals surface area contributed by atoms with Crippen LogP contribution in [0.1, 0.15) is 31.7 Å². The standard InChI is InChI=1S/C17H21NO2/c1-3-20-17(19)16-11-7-10-15(18(16)2)13-12-14-8-5-4-6-9-14/h4-6,8-9,15-16H,3,7,10-11H2,1-2H3/t15-,16-/m0/s1. The lowest BCUT2D eigenvalue weighted by Crippen LogP contribution is -2.48. The van der Waals surface area contributed by atoms with Gasteiger partial charge in [0.25, 0.3) is 0 Å². The molecule has 0 aliphatic carbocycles. The lowest BCUT2D eigenvalue weighted by Gasteiger charge is -2.35. The third kappa shape index (κ3) is 3.61. The molecule has 0 radical (unpaired) electrons. The van der Waals surface area contributed by atoms with Crippen LogP contribution in [0.25, 0.3) is 0 Å². The molecular weight excluding hydrogens is 250 g/mol. The smallest absolute Gasteiger partial charge is 0.323 e. The summed E-state index contributed by atoms with van der Waals surface area (Å²) in [5.41, 5.74) is 1.01. The summed E-state index contributed by atoms with van der Waals surface area (Å²) >= 11 is 0. The Morgan fingerprint density at radius 1 is 1.35 bits per heavy atom. The molecule has 0 unspecified atom stereocenters. The SMILES string of the molecule is CCOC(=O)[C@@H]1CCC[C@@H](C#Cc2ccccc2)N1C. The van der Waals surface area contributed by atoms with E-state index in [0.29, 0.717) is 6.61 Å². The van der Waals surface area contributed by atoms with Gasteiger partial charge in [-0.1, -0.05) is 30.0 Å². The minimum atomic E-state index is -0.154. The molecule has 0 bridgehead atoms. The van der Waals surface area contributed by atoms with E-state index in [-0.39, 0.29) is 18.1 Å². The van der Waals surface area contributed by atoms with Crippen molar-refractivity contribution in [1.29, 1.82) is 0 Å². The Morgan fingerprint density at radius 2 is 2.10 bits per heavy atom. The molecule has 3 nitrogen and oxygen atoms in total. The summed E-state index contributed by atoms with van der Waals surface area (Å²) in [6.45, 7) is 2.27. The van der Waals surface area contributed by atoms with Gasteiger partial charge >= 0.3 is 5.97 Å². The molecule has 106 valence electrons. The number of carbonyl (C=O) groups is 1. The van der Waals surface area contributed by atoms with E-state index in [1.807, 2.05) is 44.3 Å². The second kappa shape index (κ2) is 7.12. The fraction of sp³-hybridized carbons (Fsp3) is 0.471. The Labute approximate surface area is 120 Å². The van der Waals surface area contributed by atoms with Gasteiger partial charge in [0.2, 0.25) is 0 Å². The zero-order valence-electron chi connectivity index (χ0n) is 12.1. The van der Waals surface area contributed by atoms with Crippen molar-refractivity contribution < 1.29 is 9.53 Å². The number of likely N-dealkylation sites (tertiary alicyclic amines) is 1. The number of esters is 1. The van der Waals surface area contributed by atoms with E-state index in [4.69, 9.17) is 4.74 Å². The Hall–Kier alpha value is -1.79. The molecule has 20 heavy (non-hydrogen) atoms. The van der Waals surface area contributed by atoms with Gasteiger partial charge in [-0.15, -0.1) is 0 Å². The molecule has 1 fully saturated rings. The van der Waals surface area contributed by atoms with Crippen LogP contribution < -0.4 is 0 Å². The summed E-state index contributed by atoms with van der Waals surface area (Å²) in [5.74, 6) is 6.35. The van der Waals surface area contributed by atoms with E-state index >= 15 is 0 Å². The van der Waals surface area contributed by atoms with Gasteiger partial charge in [-0.05, 0) is 45.4 Å². The molecule has 2 atom stereocenters.